The van der Waals surface area contributed by atoms with Crippen LogP contribution >= 0.6 is 11.6 Å². The van der Waals surface area contributed by atoms with Crippen LogP contribution in [0.15, 0.2) is 42.0 Å². The van der Waals surface area contributed by atoms with Crippen molar-refractivity contribution in [2.24, 2.45) is 5.10 Å². The van der Waals surface area contributed by atoms with Crippen molar-refractivity contribution in [1.29, 1.82) is 0 Å². The van der Waals surface area contributed by atoms with Crippen LogP contribution in [0.25, 0.3) is 0 Å². The first-order valence-electron chi connectivity index (χ1n) is 3.95. The van der Waals surface area contributed by atoms with Gasteiger partial charge in [-0.2, -0.15) is 5.10 Å². The van der Waals surface area contributed by atoms with Crippen molar-refractivity contribution in [3.8, 4) is 0 Å². The van der Waals surface area contributed by atoms with E-state index in [1.807, 2.05) is 24.3 Å². The standard InChI is InChI=1S/C10H11ClN2/c1-2-7-12-13-8-9-3-5-10(11)6-4-9/h2-6,8,12H,1,7H2. The van der Waals surface area contributed by atoms with Crippen LogP contribution in [0.2, 0.25) is 5.02 Å². The molecule has 0 amide bonds. The smallest absolute Gasteiger partial charge is 0.0540 e. The first-order valence-corrected chi connectivity index (χ1v) is 4.33. The predicted molar refractivity (Wildman–Crippen MR) is 57.2 cm³/mol. The molecule has 0 saturated carbocycles. The first-order chi connectivity index (χ1) is 6.33. The molecule has 0 spiro atoms. The van der Waals surface area contributed by atoms with Crippen LogP contribution in [0.4, 0.5) is 0 Å². The van der Waals surface area contributed by atoms with Crippen molar-refractivity contribution in [2.75, 3.05) is 6.54 Å². The molecule has 0 radical (unpaired) electrons. The Morgan fingerprint density at radius 2 is 2.08 bits per heavy atom. The van der Waals surface area contributed by atoms with Crippen molar-refractivity contribution in [3.63, 3.8) is 0 Å². The number of hydrogen-bond donors (Lipinski definition) is 1. The molecule has 1 N–H and O–H groups in total. The molecule has 0 aromatic heterocycles. The molecular weight excluding hydrogens is 184 g/mol. The van der Waals surface area contributed by atoms with E-state index in [4.69, 9.17) is 11.6 Å². The third kappa shape index (κ3) is 3.76. The second-order valence-electron chi connectivity index (χ2n) is 2.46. The van der Waals surface area contributed by atoms with Gasteiger partial charge in [-0.1, -0.05) is 29.8 Å². The number of rotatable bonds is 4. The Hall–Kier alpha value is -1.28. The van der Waals surface area contributed by atoms with Gasteiger partial charge in [0.1, 0.15) is 0 Å². The SMILES string of the molecule is C=CCNN=Cc1ccc(Cl)cc1. The second-order valence-corrected chi connectivity index (χ2v) is 2.90. The lowest BCUT2D eigenvalue weighted by Crippen LogP contribution is -2.04. The van der Waals surface area contributed by atoms with Crippen LogP contribution in [0, 0.1) is 0 Å². The van der Waals surface area contributed by atoms with E-state index in [-0.39, 0.29) is 0 Å². The van der Waals surface area contributed by atoms with Gasteiger partial charge >= 0.3 is 0 Å². The molecule has 0 saturated heterocycles. The van der Waals surface area contributed by atoms with Gasteiger partial charge in [0.25, 0.3) is 0 Å². The van der Waals surface area contributed by atoms with Gasteiger partial charge in [0, 0.05) is 5.02 Å². The number of hydrazone groups is 1. The summed E-state index contributed by atoms with van der Waals surface area (Å²) in [6.45, 7) is 4.23. The molecule has 0 aliphatic rings. The van der Waals surface area contributed by atoms with E-state index >= 15 is 0 Å². The van der Waals surface area contributed by atoms with Gasteiger partial charge in [-0.05, 0) is 17.7 Å². The van der Waals surface area contributed by atoms with Gasteiger partial charge in [0.15, 0.2) is 0 Å². The maximum atomic E-state index is 5.72. The summed E-state index contributed by atoms with van der Waals surface area (Å²) in [5, 5.41) is 4.70. The van der Waals surface area contributed by atoms with E-state index in [9.17, 15) is 0 Å². The minimum absolute atomic E-state index is 0.671. The molecule has 1 rings (SSSR count). The number of hydrogen-bond acceptors (Lipinski definition) is 2. The molecule has 2 nitrogen and oxygen atoms in total. The second kappa shape index (κ2) is 5.38. The zero-order valence-corrected chi connectivity index (χ0v) is 7.96. The van der Waals surface area contributed by atoms with Crippen molar-refractivity contribution < 1.29 is 0 Å². The molecule has 0 unspecified atom stereocenters. The minimum Gasteiger partial charge on any atom is -0.306 e. The van der Waals surface area contributed by atoms with E-state index in [1.54, 1.807) is 12.3 Å². The summed E-state index contributed by atoms with van der Waals surface area (Å²) in [7, 11) is 0. The number of halogens is 1. The highest BCUT2D eigenvalue weighted by atomic mass is 35.5. The summed E-state index contributed by atoms with van der Waals surface area (Å²) in [6, 6.07) is 7.47. The molecule has 68 valence electrons. The summed E-state index contributed by atoms with van der Waals surface area (Å²) in [6.07, 6.45) is 3.49. The van der Waals surface area contributed by atoms with Gasteiger partial charge in [0.05, 0.1) is 12.8 Å². The topological polar surface area (TPSA) is 24.4 Å². The van der Waals surface area contributed by atoms with Crippen molar-refractivity contribution in [2.45, 2.75) is 0 Å². The summed E-state index contributed by atoms with van der Waals surface area (Å²) < 4.78 is 0. The van der Waals surface area contributed by atoms with Crippen LogP contribution in [0.3, 0.4) is 0 Å². The Labute approximate surface area is 82.9 Å². The maximum absolute atomic E-state index is 5.72. The Morgan fingerprint density at radius 1 is 1.38 bits per heavy atom. The molecule has 1 aromatic carbocycles. The van der Waals surface area contributed by atoms with Crippen LogP contribution < -0.4 is 5.43 Å². The molecular formula is C10H11ClN2. The van der Waals surface area contributed by atoms with Crippen LogP contribution in [-0.4, -0.2) is 12.8 Å². The fraction of sp³-hybridized carbons (Fsp3) is 0.100. The lowest BCUT2D eigenvalue weighted by Gasteiger charge is -1.94. The number of benzene rings is 1. The molecule has 13 heavy (non-hydrogen) atoms. The molecule has 0 heterocycles. The van der Waals surface area contributed by atoms with Crippen molar-refractivity contribution in [3.05, 3.63) is 47.5 Å². The van der Waals surface area contributed by atoms with Gasteiger partial charge in [-0.15, -0.1) is 6.58 Å². The Kier molecular flexibility index (Phi) is 4.06. The van der Waals surface area contributed by atoms with Crippen molar-refractivity contribution in [1.82, 2.24) is 5.43 Å². The highest BCUT2D eigenvalue weighted by Crippen LogP contribution is 2.07. The molecule has 3 heteroatoms. The lowest BCUT2D eigenvalue weighted by molar-refractivity contribution is 0.832. The van der Waals surface area contributed by atoms with Crippen LogP contribution in [0.1, 0.15) is 5.56 Å². The van der Waals surface area contributed by atoms with Gasteiger partial charge < -0.3 is 5.43 Å². The molecule has 0 bridgehead atoms. The lowest BCUT2D eigenvalue weighted by atomic mass is 10.2. The van der Waals surface area contributed by atoms with Crippen LogP contribution in [-0.2, 0) is 0 Å². The Bertz CT molecular complexity index is 290. The normalized spacial score (nSPS) is 10.2. The average molecular weight is 195 g/mol. The monoisotopic (exact) mass is 194 g/mol. The number of nitrogens with zero attached hydrogens (tertiary/aromatic N) is 1. The van der Waals surface area contributed by atoms with Crippen LogP contribution in [0.5, 0.6) is 0 Å². The van der Waals surface area contributed by atoms with E-state index in [0.717, 1.165) is 10.6 Å². The van der Waals surface area contributed by atoms with E-state index in [1.165, 1.54) is 0 Å². The first kappa shape index (κ1) is 9.81. The zero-order valence-electron chi connectivity index (χ0n) is 7.20. The van der Waals surface area contributed by atoms with Crippen molar-refractivity contribution >= 4 is 17.8 Å². The molecule has 0 fully saturated rings. The fourth-order valence-corrected chi connectivity index (χ4v) is 0.912. The fourth-order valence-electron chi connectivity index (χ4n) is 0.786. The Morgan fingerprint density at radius 3 is 2.69 bits per heavy atom. The summed E-state index contributed by atoms with van der Waals surface area (Å²) in [5.74, 6) is 0. The maximum Gasteiger partial charge on any atom is 0.0540 e. The van der Waals surface area contributed by atoms with Gasteiger partial charge in [0.2, 0.25) is 0 Å². The van der Waals surface area contributed by atoms with E-state index < -0.39 is 0 Å². The third-order valence-corrected chi connectivity index (χ3v) is 1.66. The number of nitrogens with one attached hydrogen (secondary N) is 1. The largest absolute Gasteiger partial charge is 0.306 e. The minimum atomic E-state index is 0.671. The predicted octanol–water partition coefficient (Wildman–Crippen LogP) is 2.45. The van der Waals surface area contributed by atoms with Gasteiger partial charge in [-0.3, -0.25) is 0 Å². The molecule has 0 aliphatic heterocycles. The summed E-state index contributed by atoms with van der Waals surface area (Å²) in [5.41, 5.74) is 3.83. The average Bonchev–Trinajstić information content (AvgIpc) is 2.15. The van der Waals surface area contributed by atoms with Gasteiger partial charge in [-0.25, -0.2) is 0 Å². The molecule has 0 atom stereocenters. The molecule has 1 aromatic rings. The highest BCUT2D eigenvalue weighted by molar-refractivity contribution is 6.30. The van der Waals surface area contributed by atoms with E-state index in [0.29, 0.717) is 6.54 Å². The highest BCUT2D eigenvalue weighted by Gasteiger charge is 1.87. The summed E-state index contributed by atoms with van der Waals surface area (Å²) >= 11 is 5.72. The van der Waals surface area contributed by atoms with E-state index in [2.05, 4.69) is 17.1 Å². The zero-order chi connectivity index (χ0) is 9.52. The third-order valence-electron chi connectivity index (χ3n) is 1.41. The summed E-state index contributed by atoms with van der Waals surface area (Å²) in [4.78, 5) is 0. The quantitative estimate of drug-likeness (QED) is 0.339. The Balaban J connectivity index is 2.49. The molecule has 0 aliphatic carbocycles.